The topological polar surface area (TPSA) is 74.5 Å². The van der Waals surface area contributed by atoms with Gasteiger partial charge >= 0.3 is 0 Å². The second kappa shape index (κ2) is 8.71. The molecule has 1 aliphatic carbocycles. The van der Waals surface area contributed by atoms with Gasteiger partial charge in [0, 0.05) is 30.3 Å². The van der Waals surface area contributed by atoms with E-state index in [0.717, 1.165) is 38.0 Å². The van der Waals surface area contributed by atoms with E-state index in [-0.39, 0.29) is 17.8 Å². The first-order valence-electron chi connectivity index (χ1n) is 11.8. The molecular weight excluding hydrogens is 418 g/mol. The highest BCUT2D eigenvalue weighted by Gasteiger charge is 2.33. The van der Waals surface area contributed by atoms with Crippen LogP contribution in [-0.4, -0.2) is 70.1 Å². The summed E-state index contributed by atoms with van der Waals surface area (Å²) in [7, 11) is 0. The van der Waals surface area contributed by atoms with Crippen LogP contribution >= 0.6 is 0 Å². The van der Waals surface area contributed by atoms with E-state index in [1.165, 1.54) is 0 Å². The lowest BCUT2D eigenvalue weighted by Gasteiger charge is -2.44. The first-order chi connectivity index (χ1) is 15.7. The molecule has 4 heterocycles. The van der Waals surface area contributed by atoms with E-state index in [1.54, 1.807) is 10.9 Å². The zero-order valence-corrected chi connectivity index (χ0v) is 20.0. The second-order valence-electron chi connectivity index (χ2n) is 11.0. The Morgan fingerprint density at radius 3 is 2.58 bits per heavy atom. The third kappa shape index (κ3) is 5.72. The summed E-state index contributed by atoms with van der Waals surface area (Å²) in [6.45, 7) is 13.6. The molecule has 2 aromatic heterocycles. The van der Waals surface area contributed by atoms with Gasteiger partial charge in [-0.2, -0.15) is 0 Å². The van der Waals surface area contributed by atoms with Crippen molar-refractivity contribution in [3.8, 4) is 29.0 Å². The summed E-state index contributed by atoms with van der Waals surface area (Å²) in [5.74, 6) is 7.23. The summed E-state index contributed by atoms with van der Waals surface area (Å²) in [6.07, 6.45) is 5.72. The number of hydrogen-bond donors (Lipinski definition) is 0. The lowest BCUT2D eigenvalue weighted by atomic mass is 9.84. The summed E-state index contributed by atoms with van der Waals surface area (Å²) in [5, 5.41) is 8.59. The van der Waals surface area contributed by atoms with E-state index in [2.05, 4.69) is 59.7 Å². The molecule has 8 heteroatoms. The van der Waals surface area contributed by atoms with Crippen LogP contribution in [0.3, 0.4) is 0 Å². The molecule has 33 heavy (non-hydrogen) atoms. The number of aromatic nitrogens is 4. The Balaban J connectivity index is 1.27. The highest BCUT2D eigenvalue weighted by molar-refractivity contribution is 5.63. The lowest BCUT2D eigenvalue weighted by molar-refractivity contribution is -0.227. The van der Waals surface area contributed by atoms with E-state index in [9.17, 15) is 0 Å². The largest absolute Gasteiger partial charge is 0.488 e. The number of likely N-dealkylation sites (tertiary alicyclic amines) is 1. The maximum atomic E-state index is 6.15. The van der Waals surface area contributed by atoms with Gasteiger partial charge in [0.15, 0.2) is 6.29 Å². The van der Waals surface area contributed by atoms with Crippen molar-refractivity contribution in [3.05, 3.63) is 24.0 Å². The second-order valence-corrected chi connectivity index (χ2v) is 11.0. The third-order valence-corrected chi connectivity index (χ3v) is 5.95. The molecule has 0 radical (unpaired) electrons. The number of nitrogens with zero attached hydrogens (tertiary/aromatic N) is 5. The van der Waals surface area contributed by atoms with Crippen molar-refractivity contribution in [2.75, 3.05) is 32.8 Å². The van der Waals surface area contributed by atoms with Gasteiger partial charge in [-0.1, -0.05) is 44.7 Å². The van der Waals surface area contributed by atoms with Crippen LogP contribution in [0.25, 0.3) is 11.4 Å². The molecule has 3 aliphatic rings. The monoisotopic (exact) mass is 451 g/mol. The maximum Gasteiger partial charge on any atom is 0.177 e. The molecule has 0 spiro atoms. The van der Waals surface area contributed by atoms with Crippen LogP contribution in [0.2, 0.25) is 0 Å². The molecular formula is C25H33N5O3. The zero-order chi connectivity index (χ0) is 23.1. The molecule has 0 aromatic carbocycles. The molecule has 2 saturated heterocycles. The summed E-state index contributed by atoms with van der Waals surface area (Å²) >= 11 is 0. The van der Waals surface area contributed by atoms with Crippen molar-refractivity contribution in [3.63, 3.8) is 0 Å². The fraction of sp³-hybridized carbons (Fsp3) is 0.640. The fourth-order valence-corrected chi connectivity index (χ4v) is 4.17. The Kier molecular flexibility index (Phi) is 5.89. The molecule has 1 saturated carbocycles. The van der Waals surface area contributed by atoms with Crippen LogP contribution < -0.4 is 4.74 Å². The van der Waals surface area contributed by atoms with Crippen molar-refractivity contribution in [2.45, 2.75) is 59.5 Å². The predicted molar refractivity (Wildman–Crippen MR) is 123 cm³/mol. The average Bonchev–Trinajstić information content (AvgIpc) is 3.43. The summed E-state index contributed by atoms with van der Waals surface area (Å²) in [4.78, 5) is 7.00. The molecule has 8 nitrogen and oxygen atoms in total. The Morgan fingerprint density at radius 2 is 1.88 bits per heavy atom. The highest BCUT2D eigenvalue weighted by Crippen LogP contribution is 2.33. The van der Waals surface area contributed by atoms with Gasteiger partial charge in [0.25, 0.3) is 0 Å². The summed E-state index contributed by atoms with van der Waals surface area (Å²) < 4.78 is 19.5. The van der Waals surface area contributed by atoms with E-state index >= 15 is 0 Å². The number of pyridine rings is 1. The van der Waals surface area contributed by atoms with Gasteiger partial charge in [-0.25, -0.2) is 9.67 Å². The first-order valence-corrected chi connectivity index (χ1v) is 11.8. The Labute approximate surface area is 195 Å². The minimum Gasteiger partial charge on any atom is -0.488 e. The van der Waals surface area contributed by atoms with Crippen molar-refractivity contribution in [1.82, 2.24) is 24.9 Å². The smallest absolute Gasteiger partial charge is 0.177 e. The molecule has 176 valence electrons. The standard InChI is InChI=1S/C25H33N5O3/c1-24(2)14-29(15-24)9-5-6-18-10-21(33-19-7-8-19)23(26-11-18)20-12-30(28-27-20)13-22-31-16-25(3,4)17-32-22/h10-12,19,22H,7-9,13-17H2,1-4H3. The van der Waals surface area contributed by atoms with E-state index in [1.807, 2.05) is 12.3 Å². The molecule has 0 atom stereocenters. The van der Waals surface area contributed by atoms with Gasteiger partial charge in [-0.3, -0.25) is 4.90 Å². The number of ether oxygens (including phenoxy) is 3. The van der Waals surface area contributed by atoms with Crippen molar-refractivity contribution < 1.29 is 14.2 Å². The molecule has 2 aliphatic heterocycles. The van der Waals surface area contributed by atoms with E-state index in [0.29, 0.717) is 42.3 Å². The normalized spacial score (nSPS) is 22.3. The van der Waals surface area contributed by atoms with Crippen molar-refractivity contribution in [2.24, 2.45) is 10.8 Å². The van der Waals surface area contributed by atoms with Crippen LogP contribution in [0.5, 0.6) is 5.75 Å². The number of rotatable bonds is 6. The summed E-state index contributed by atoms with van der Waals surface area (Å²) in [6, 6.07) is 1.97. The van der Waals surface area contributed by atoms with Crippen LogP contribution in [-0.2, 0) is 16.0 Å². The molecule has 2 aromatic rings. The van der Waals surface area contributed by atoms with Crippen LogP contribution in [0.15, 0.2) is 18.5 Å². The molecule has 3 fully saturated rings. The molecule has 0 amide bonds. The van der Waals surface area contributed by atoms with Gasteiger partial charge in [-0.15, -0.1) is 5.10 Å². The Bertz CT molecular complexity index is 1050. The van der Waals surface area contributed by atoms with Gasteiger partial charge < -0.3 is 14.2 Å². The van der Waals surface area contributed by atoms with Crippen LogP contribution in [0, 0.1) is 22.7 Å². The van der Waals surface area contributed by atoms with Gasteiger partial charge in [0.1, 0.15) is 17.1 Å². The fourth-order valence-electron chi connectivity index (χ4n) is 4.17. The van der Waals surface area contributed by atoms with Gasteiger partial charge in [0.2, 0.25) is 0 Å². The van der Waals surface area contributed by atoms with Crippen LogP contribution in [0.1, 0.15) is 46.1 Å². The molecule has 0 bridgehead atoms. The third-order valence-electron chi connectivity index (χ3n) is 5.95. The highest BCUT2D eigenvalue weighted by atomic mass is 16.7. The van der Waals surface area contributed by atoms with Crippen molar-refractivity contribution >= 4 is 0 Å². The van der Waals surface area contributed by atoms with Gasteiger partial charge in [0.05, 0.1) is 38.6 Å². The molecule has 0 unspecified atom stereocenters. The average molecular weight is 452 g/mol. The lowest BCUT2D eigenvalue weighted by Crippen LogP contribution is -2.52. The minimum atomic E-state index is -0.322. The molecule has 0 N–H and O–H groups in total. The van der Waals surface area contributed by atoms with Crippen LogP contribution in [0.4, 0.5) is 0 Å². The Morgan fingerprint density at radius 1 is 1.12 bits per heavy atom. The SMILES string of the molecule is CC1(C)COC(Cn2cc(-c3ncc(C#CCN4CC(C)(C)C4)cc3OC3CC3)nn2)OC1. The molecule has 5 rings (SSSR count). The summed E-state index contributed by atoms with van der Waals surface area (Å²) in [5.41, 5.74) is 2.67. The van der Waals surface area contributed by atoms with Gasteiger partial charge in [-0.05, 0) is 24.3 Å². The van der Waals surface area contributed by atoms with Crippen molar-refractivity contribution in [1.29, 1.82) is 0 Å². The zero-order valence-electron chi connectivity index (χ0n) is 20.0. The predicted octanol–water partition coefficient (Wildman–Crippen LogP) is 2.97. The maximum absolute atomic E-state index is 6.15. The number of hydrogen-bond acceptors (Lipinski definition) is 7. The quantitative estimate of drug-likeness (QED) is 0.625. The van der Waals surface area contributed by atoms with E-state index < -0.39 is 0 Å². The van der Waals surface area contributed by atoms with E-state index in [4.69, 9.17) is 14.2 Å². The Hall–Kier alpha value is -2.47. The minimum absolute atomic E-state index is 0.0412. The first kappa shape index (κ1) is 22.3.